The van der Waals surface area contributed by atoms with Gasteiger partial charge in [0.1, 0.15) is 4.86 Å². The van der Waals surface area contributed by atoms with E-state index in [1.165, 1.54) is 24.3 Å². The third kappa shape index (κ3) is 7.42. The highest BCUT2D eigenvalue weighted by molar-refractivity contribution is 7.74. The fourth-order valence-corrected chi connectivity index (χ4v) is 4.11. The highest BCUT2D eigenvalue weighted by atomic mass is 35.5. The number of aromatic carboxylic acids is 1. The smallest absolute Gasteiger partial charge is 0.335 e. The summed E-state index contributed by atoms with van der Waals surface area (Å²) in [5, 5.41) is 23.0. The number of halogens is 2. The first-order chi connectivity index (χ1) is 15.3. The van der Waals surface area contributed by atoms with E-state index in [2.05, 4.69) is 5.32 Å². The predicted octanol–water partition coefficient (Wildman–Crippen LogP) is 3.77. The third-order valence-corrected chi connectivity index (χ3v) is 5.98. The lowest BCUT2D eigenvalue weighted by Crippen LogP contribution is -2.23. The summed E-state index contributed by atoms with van der Waals surface area (Å²) >= 11 is 5.95. The van der Waals surface area contributed by atoms with E-state index in [1.807, 2.05) is 18.2 Å². The van der Waals surface area contributed by atoms with Crippen molar-refractivity contribution in [1.82, 2.24) is 5.32 Å². The maximum absolute atomic E-state index is 11.8. The van der Waals surface area contributed by atoms with E-state index in [1.54, 1.807) is 30.3 Å². The Morgan fingerprint density at radius 2 is 1.52 bits per heavy atom. The number of benzene rings is 3. The summed E-state index contributed by atoms with van der Waals surface area (Å²) in [7, 11) is -2.49. The summed E-state index contributed by atoms with van der Waals surface area (Å²) < 4.78 is 23.6. The van der Waals surface area contributed by atoms with Gasteiger partial charge in [-0.3, -0.25) is 0 Å². The van der Waals surface area contributed by atoms with E-state index >= 15 is 0 Å². The monoisotopic (exact) mass is 507 g/mol. The van der Waals surface area contributed by atoms with Gasteiger partial charge in [0, 0.05) is 11.6 Å². The molecule has 3 N–H and O–H groups in total. The summed E-state index contributed by atoms with van der Waals surface area (Å²) in [6.45, 7) is 1.02. The zero-order chi connectivity index (χ0) is 23.1. The summed E-state index contributed by atoms with van der Waals surface area (Å²) in [6.07, 6.45) is 0.0406. The van der Waals surface area contributed by atoms with Crippen LogP contribution in [0.1, 0.15) is 38.7 Å². The second-order valence-corrected chi connectivity index (χ2v) is 8.48. The van der Waals surface area contributed by atoms with E-state index < -0.39 is 22.4 Å². The first-order valence-electron chi connectivity index (χ1n) is 9.88. The van der Waals surface area contributed by atoms with Crippen molar-refractivity contribution < 1.29 is 23.4 Å². The molecule has 0 fully saturated rings. The Bertz CT molecular complexity index is 1220. The summed E-state index contributed by atoms with van der Waals surface area (Å²) in [5.74, 6) is -1.07. The van der Waals surface area contributed by atoms with Gasteiger partial charge in [-0.25, -0.2) is 4.79 Å². The zero-order valence-corrected chi connectivity index (χ0v) is 19.8. The number of aliphatic hydroxyl groups excluding tert-OH is 1. The number of carbonyl (C=O) groups is 1. The molecule has 3 aromatic carbocycles. The standard InChI is InChI=1S/C24H22ClNO5S.ClH/c25-21-3-1-2-20(14-21)22(27)15-26-13-12-16-4-6-17(7-5-16)23(32(30)31)18-8-10-19(11-9-18)24(28)29;/h1-11,14,22,26-27H,12-13,15H2,(H,28,29);1H/t22-;/m0./s1. The number of hydrogen-bond acceptors (Lipinski definition) is 5. The lowest BCUT2D eigenvalue weighted by atomic mass is 10.0. The van der Waals surface area contributed by atoms with Crippen LogP contribution < -0.4 is 5.32 Å². The maximum atomic E-state index is 11.8. The molecule has 0 aliphatic rings. The second kappa shape index (κ2) is 12.5. The quantitative estimate of drug-likeness (QED) is 0.231. The average Bonchev–Trinajstić information content (AvgIpc) is 2.78. The highest BCUT2D eigenvalue weighted by Gasteiger charge is 2.11. The van der Waals surface area contributed by atoms with E-state index in [4.69, 9.17) is 16.7 Å². The summed E-state index contributed by atoms with van der Waals surface area (Å²) in [5.41, 5.74) is 2.80. The van der Waals surface area contributed by atoms with E-state index in [0.29, 0.717) is 35.7 Å². The van der Waals surface area contributed by atoms with Gasteiger partial charge in [-0.05, 0) is 59.5 Å². The van der Waals surface area contributed by atoms with Crippen LogP contribution in [0.25, 0.3) is 0 Å². The molecule has 0 spiro atoms. The normalized spacial score (nSPS) is 11.3. The van der Waals surface area contributed by atoms with Crippen molar-refractivity contribution >= 4 is 45.1 Å². The Kier molecular flexibility index (Phi) is 10.1. The number of nitrogens with one attached hydrogen (secondary N) is 1. The van der Waals surface area contributed by atoms with Crippen LogP contribution in [0.2, 0.25) is 5.02 Å². The molecule has 0 aliphatic heterocycles. The van der Waals surface area contributed by atoms with Crippen molar-refractivity contribution in [2.24, 2.45) is 0 Å². The van der Waals surface area contributed by atoms with Crippen LogP contribution in [0.15, 0.2) is 72.8 Å². The topological polar surface area (TPSA) is 104 Å². The van der Waals surface area contributed by atoms with Gasteiger partial charge in [-0.2, -0.15) is 8.42 Å². The number of carboxylic acid groups (broad SMARTS) is 1. The first kappa shape index (κ1) is 26.6. The van der Waals surface area contributed by atoms with Crippen molar-refractivity contribution in [3.05, 3.63) is 106 Å². The fraction of sp³-hybridized carbons (Fsp3) is 0.167. The van der Waals surface area contributed by atoms with Gasteiger partial charge in [-0.15, -0.1) is 12.4 Å². The van der Waals surface area contributed by atoms with Crippen LogP contribution in [0.4, 0.5) is 0 Å². The number of hydrogen-bond donors (Lipinski definition) is 3. The van der Waals surface area contributed by atoms with Gasteiger partial charge >= 0.3 is 5.97 Å². The van der Waals surface area contributed by atoms with Crippen LogP contribution in [0, 0.1) is 0 Å². The third-order valence-electron chi connectivity index (χ3n) is 4.94. The highest BCUT2D eigenvalue weighted by Crippen LogP contribution is 2.17. The van der Waals surface area contributed by atoms with E-state index in [-0.39, 0.29) is 22.8 Å². The minimum atomic E-state index is -2.49. The van der Waals surface area contributed by atoms with Crippen LogP contribution in [0.3, 0.4) is 0 Å². The van der Waals surface area contributed by atoms with Gasteiger partial charge in [0.05, 0.1) is 11.7 Å². The van der Waals surface area contributed by atoms with E-state index in [9.17, 15) is 18.3 Å². The number of aliphatic hydroxyl groups is 1. The molecule has 1 atom stereocenters. The predicted molar refractivity (Wildman–Crippen MR) is 132 cm³/mol. The lowest BCUT2D eigenvalue weighted by molar-refractivity contribution is 0.0697. The van der Waals surface area contributed by atoms with Crippen LogP contribution in [-0.4, -0.2) is 42.6 Å². The molecule has 0 aromatic heterocycles. The largest absolute Gasteiger partial charge is 0.478 e. The van der Waals surface area contributed by atoms with Gasteiger partial charge < -0.3 is 15.5 Å². The molecule has 0 bridgehead atoms. The molecule has 9 heteroatoms. The summed E-state index contributed by atoms with van der Waals surface area (Å²) in [4.78, 5) is 11.1. The van der Waals surface area contributed by atoms with Crippen LogP contribution >= 0.6 is 24.0 Å². The Hall–Kier alpha value is -2.68. The molecule has 0 heterocycles. The van der Waals surface area contributed by atoms with E-state index in [0.717, 1.165) is 11.1 Å². The molecule has 0 aliphatic carbocycles. The Morgan fingerprint density at radius 3 is 2.06 bits per heavy atom. The van der Waals surface area contributed by atoms with Crippen LogP contribution in [0.5, 0.6) is 0 Å². The van der Waals surface area contributed by atoms with Gasteiger partial charge in [0.15, 0.2) is 0 Å². The van der Waals surface area contributed by atoms with Gasteiger partial charge in [-0.1, -0.05) is 60.1 Å². The SMILES string of the molecule is Cl.O=C(O)c1ccc(C(c2ccc(CCNC[C@H](O)c3cccc(Cl)c3)cc2)=S(=O)=O)cc1. The molecule has 33 heavy (non-hydrogen) atoms. The van der Waals surface area contributed by atoms with Crippen LogP contribution in [-0.2, 0) is 16.7 Å². The Balaban J connectivity index is 0.00000385. The molecule has 3 rings (SSSR count). The molecule has 0 radical (unpaired) electrons. The van der Waals surface area contributed by atoms with Crippen molar-refractivity contribution in [3.8, 4) is 0 Å². The molecule has 0 saturated carbocycles. The van der Waals surface area contributed by atoms with Crippen molar-refractivity contribution in [2.75, 3.05) is 13.1 Å². The minimum Gasteiger partial charge on any atom is -0.478 e. The van der Waals surface area contributed by atoms with Gasteiger partial charge in [0.25, 0.3) is 0 Å². The van der Waals surface area contributed by atoms with Gasteiger partial charge in [0.2, 0.25) is 10.3 Å². The molecule has 174 valence electrons. The average molecular weight is 508 g/mol. The second-order valence-electron chi connectivity index (χ2n) is 7.17. The fourth-order valence-electron chi connectivity index (χ4n) is 3.25. The zero-order valence-electron chi connectivity index (χ0n) is 17.4. The molecule has 0 amide bonds. The first-order valence-corrected chi connectivity index (χ1v) is 11.3. The Morgan fingerprint density at radius 1 is 0.939 bits per heavy atom. The van der Waals surface area contributed by atoms with Crippen molar-refractivity contribution in [3.63, 3.8) is 0 Å². The molecule has 3 aromatic rings. The molecular formula is C24H23Cl2NO5S. The summed E-state index contributed by atoms with van der Waals surface area (Å²) in [6, 6.07) is 20.0. The number of rotatable bonds is 9. The lowest BCUT2D eigenvalue weighted by Gasteiger charge is -2.12. The molecule has 6 nitrogen and oxygen atoms in total. The van der Waals surface area contributed by atoms with Crippen molar-refractivity contribution in [1.29, 1.82) is 0 Å². The maximum Gasteiger partial charge on any atom is 0.335 e. The molecular weight excluding hydrogens is 485 g/mol. The minimum absolute atomic E-state index is 0. The number of carboxylic acids is 1. The molecule has 0 saturated heterocycles. The van der Waals surface area contributed by atoms with Crippen molar-refractivity contribution in [2.45, 2.75) is 12.5 Å². The Labute approximate surface area is 204 Å². The molecule has 0 unspecified atom stereocenters.